The summed E-state index contributed by atoms with van der Waals surface area (Å²) in [5.74, 6) is 0.421. The second-order valence-corrected chi connectivity index (χ2v) is 5.46. The predicted octanol–water partition coefficient (Wildman–Crippen LogP) is 2.86. The summed E-state index contributed by atoms with van der Waals surface area (Å²) in [6.07, 6.45) is 0. The molecule has 2 aromatic carbocycles. The summed E-state index contributed by atoms with van der Waals surface area (Å²) in [4.78, 5) is 2.20. The maximum absolute atomic E-state index is 13.2. The van der Waals surface area contributed by atoms with Crippen LogP contribution in [-0.2, 0) is 0 Å². The quantitative estimate of drug-likeness (QED) is 0.947. The van der Waals surface area contributed by atoms with Gasteiger partial charge < -0.3 is 15.0 Å². The highest BCUT2D eigenvalue weighted by Gasteiger charge is 2.26. The standard InChI is InChI=1S/C18H18FN3O/c1-23-16-6-7-17(14(10-16)11-20)22-9-8-21-12-18(22)13-2-4-15(19)5-3-13/h2-7,10,18,21H,8-9,12H2,1H3/t18-/m0/s1. The van der Waals surface area contributed by atoms with Crippen LogP contribution in [0.3, 0.4) is 0 Å². The summed E-state index contributed by atoms with van der Waals surface area (Å²) in [5, 5.41) is 12.8. The van der Waals surface area contributed by atoms with Crippen molar-refractivity contribution in [2.24, 2.45) is 0 Å². The third kappa shape index (κ3) is 3.13. The molecule has 5 heteroatoms. The molecule has 1 N–H and O–H groups in total. The first-order valence-corrected chi connectivity index (χ1v) is 7.54. The second-order valence-electron chi connectivity index (χ2n) is 5.46. The summed E-state index contributed by atoms with van der Waals surface area (Å²) in [5.41, 5.74) is 2.49. The molecule has 0 saturated carbocycles. The fourth-order valence-electron chi connectivity index (χ4n) is 2.96. The number of benzene rings is 2. The van der Waals surface area contributed by atoms with Gasteiger partial charge in [0, 0.05) is 19.6 Å². The third-order valence-electron chi connectivity index (χ3n) is 4.13. The predicted molar refractivity (Wildman–Crippen MR) is 87.1 cm³/mol. The molecule has 1 saturated heterocycles. The first-order valence-electron chi connectivity index (χ1n) is 7.54. The Bertz CT molecular complexity index is 724. The highest BCUT2D eigenvalue weighted by Crippen LogP contribution is 2.32. The Balaban J connectivity index is 1.99. The number of halogens is 1. The Kier molecular flexibility index (Phi) is 4.45. The lowest BCUT2D eigenvalue weighted by Gasteiger charge is -2.38. The normalized spacial score (nSPS) is 17.6. The van der Waals surface area contributed by atoms with Crippen LogP contribution in [0.15, 0.2) is 42.5 Å². The molecule has 0 amide bonds. The van der Waals surface area contributed by atoms with Gasteiger partial charge in [-0.1, -0.05) is 12.1 Å². The number of ether oxygens (including phenoxy) is 1. The van der Waals surface area contributed by atoms with Crippen molar-refractivity contribution in [3.05, 3.63) is 59.4 Å². The molecule has 4 nitrogen and oxygen atoms in total. The molecule has 1 aliphatic heterocycles. The van der Waals surface area contributed by atoms with Gasteiger partial charge in [0.1, 0.15) is 17.6 Å². The first kappa shape index (κ1) is 15.3. The van der Waals surface area contributed by atoms with Crippen LogP contribution in [0.1, 0.15) is 17.2 Å². The lowest BCUT2D eigenvalue weighted by Crippen LogP contribution is -2.46. The molecule has 0 aliphatic carbocycles. The van der Waals surface area contributed by atoms with Crippen LogP contribution in [0.2, 0.25) is 0 Å². The highest BCUT2D eigenvalue weighted by atomic mass is 19.1. The van der Waals surface area contributed by atoms with Gasteiger partial charge in [0.25, 0.3) is 0 Å². The summed E-state index contributed by atoms with van der Waals surface area (Å²) >= 11 is 0. The van der Waals surface area contributed by atoms with E-state index < -0.39 is 0 Å². The zero-order valence-electron chi connectivity index (χ0n) is 12.9. The molecule has 1 heterocycles. The number of hydrogen-bond donors (Lipinski definition) is 1. The van der Waals surface area contributed by atoms with E-state index in [1.165, 1.54) is 12.1 Å². The number of nitrogens with one attached hydrogen (secondary N) is 1. The van der Waals surface area contributed by atoms with Gasteiger partial charge in [0.15, 0.2) is 0 Å². The summed E-state index contributed by atoms with van der Waals surface area (Å²) in [7, 11) is 1.59. The number of nitrogens with zero attached hydrogens (tertiary/aromatic N) is 2. The molecular formula is C18H18FN3O. The van der Waals surface area contributed by atoms with Crippen LogP contribution >= 0.6 is 0 Å². The average molecular weight is 311 g/mol. The first-order chi connectivity index (χ1) is 11.2. The molecule has 1 fully saturated rings. The van der Waals surface area contributed by atoms with Crippen LogP contribution in [0.25, 0.3) is 0 Å². The van der Waals surface area contributed by atoms with Crippen molar-refractivity contribution in [3.8, 4) is 11.8 Å². The molecular weight excluding hydrogens is 293 g/mol. The third-order valence-corrected chi connectivity index (χ3v) is 4.13. The topological polar surface area (TPSA) is 48.3 Å². The van der Waals surface area contributed by atoms with Crippen LogP contribution in [0, 0.1) is 17.1 Å². The molecule has 0 radical (unpaired) electrons. The maximum Gasteiger partial charge on any atom is 0.123 e. The van der Waals surface area contributed by atoms with Crippen molar-refractivity contribution in [2.45, 2.75) is 6.04 Å². The zero-order valence-corrected chi connectivity index (χ0v) is 12.9. The number of piperazine rings is 1. The lowest BCUT2D eigenvalue weighted by molar-refractivity contribution is 0.414. The minimum atomic E-state index is -0.244. The Morgan fingerprint density at radius 3 is 2.74 bits per heavy atom. The molecule has 0 unspecified atom stereocenters. The fourth-order valence-corrected chi connectivity index (χ4v) is 2.96. The summed E-state index contributed by atoms with van der Waals surface area (Å²) in [6.45, 7) is 2.38. The Morgan fingerprint density at radius 1 is 1.26 bits per heavy atom. The highest BCUT2D eigenvalue weighted by molar-refractivity contribution is 5.63. The summed E-state index contributed by atoms with van der Waals surface area (Å²) in [6, 6.07) is 14.4. The maximum atomic E-state index is 13.2. The van der Waals surface area contributed by atoms with E-state index in [1.807, 2.05) is 12.1 Å². The minimum Gasteiger partial charge on any atom is -0.497 e. The molecule has 0 bridgehead atoms. The molecule has 1 atom stereocenters. The van der Waals surface area contributed by atoms with Gasteiger partial charge in [0.05, 0.1) is 24.4 Å². The molecule has 2 aromatic rings. The van der Waals surface area contributed by atoms with Crippen LogP contribution < -0.4 is 15.0 Å². The van der Waals surface area contributed by atoms with Gasteiger partial charge in [-0.3, -0.25) is 0 Å². The van der Waals surface area contributed by atoms with Crippen molar-refractivity contribution in [3.63, 3.8) is 0 Å². The van der Waals surface area contributed by atoms with E-state index >= 15 is 0 Å². The van der Waals surface area contributed by atoms with Gasteiger partial charge in [-0.2, -0.15) is 5.26 Å². The Morgan fingerprint density at radius 2 is 2.04 bits per heavy atom. The van der Waals surface area contributed by atoms with Crippen LogP contribution in [-0.4, -0.2) is 26.7 Å². The molecule has 23 heavy (non-hydrogen) atoms. The van der Waals surface area contributed by atoms with E-state index in [1.54, 1.807) is 25.3 Å². The van der Waals surface area contributed by atoms with Crippen molar-refractivity contribution < 1.29 is 9.13 Å². The van der Waals surface area contributed by atoms with E-state index in [0.29, 0.717) is 11.3 Å². The van der Waals surface area contributed by atoms with Crippen molar-refractivity contribution in [1.82, 2.24) is 5.32 Å². The minimum absolute atomic E-state index is 0.0600. The van der Waals surface area contributed by atoms with Gasteiger partial charge in [-0.05, 0) is 35.9 Å². The zero-order chi connectivity index (χ0) is 16.2. The lowest BCUT2D eigenvalue weighted by atomic mass is 10.0. The SMILES string of the molecule is COc1ccc(N2CCNC[C@H]2c2ccc(F)cc2)c(C#N)c1. The molecule has 118 valence electrons. The fraction of sp³-hybridized carbons (Fsp3) is 0.278. The van der Waals surface area contributed by atoms with Crippen LogP contribution in [0.5, 0.6) is 5.75 Å². The van der Waals surface area contributed by atoms with E-state index in [9.17, 15) is 9.65 Å². The number of rotatable bonds is 3. The summed E-state index contributed by atoms with van der Waals surface area (Å²) < 4.78 is 18.4. The number of anilines is 1. The van der Waals surface area contributed by atoms with E-state index in [0.717, 1.165) is 30.9 Å². The van der Waals surface area contributed by atoms with Crippen molar-refractivity contribution >= 4 is 5.69 Å². The van der Waals surface area contributed by atoms with E-state index in [2.05, 4.69) is 16.3 Å². The van der Waals surface area contributed by atoms with Crippen LogP contribution in [0.4, 0.5) is 10.1 Å². The molecule has 0 aromatic heterocycles. The van der Waals surface area contributed by atoms with Gasteiger partial charge >= 0.3 is 0 Å². The Labute approximate surface area is 135 Å². The van der Waals surface area contributed by atoms with Gasteiger partial charge in [-0.15, -0.1) is 0 Å². The number of methoxy groups -OCH3 is 1. The van der Waals surface area contributed by atoms with Crippen molar-refractivity contribution in [1.29, 1.82) is 5.26 Å². The van der Waals surface area contributed by atoms with Gasteiger partial charge in [0.2, 0.25) is 0 Å². The monoisotopic (exact) mass is 311 g/mol. The average Bonchev–Trinajstić information content (AvgIpc) is 2.62. The number of nitriles is 1. The molecule has 3 rings (SSSR count). The number of hydrogen-bond acceptors (Lipinski definition) is 4. The second kappa shape index (κ2) is 6.67. The van der Waals surface area contributed by atoms with Gasteiger partial charge in [-0.25, -0.2) is 4.39 Å². The van der Waals surface area contributed by atoms with Crippen molar-refractivity contribution in [2.75, 3.05) is 31.6 Å². The van der Waals surface area contributed by atoms with E-state index in [-0.39, 0.29) is 11.9 Å². The molecule has 0 spiro atoms. The van der Waals surface area contributed by atoms with E-state index in [4.69, 9.17) is 4.74 Å². The molecule has 1 aliphatic rings. The smallest absolute Gasteiger partial charge is 0.123 e. The largest absolute Gasteiger partial charge is 0.497 e. The Hall–Kier alpha value is -2.58.